The number of hydroxylamine groups is 2. The summed E-state index contributed by atoms with van der Waals surface area (Å²) in [5, 5.41) is 4.89. The van der Waals surface area contributed by atoms with E-state index >= 15 is 0 Å². The van der Waals surface area contributed by atoms with Crippen molar-refractivity contribution in [2.45, 2.75) is 45.4 Å². The van der Waals surface area contributed by atoms with Gasteiger partial charge < -0.3 is 15.0 Å². The molecule has 0 saturated carbocycles. The van der Waals surface area contributed by atoms with Crippen molar-refractivity contribution in [3.63, 3.8) is 0 Å². The molecule has 1 atom stereocenters. The molecule has 0 spiro atoms. The summed E-state index contributed by atoms with van der Waals surface area (Å²) in [4.78, 5) is 32.3. The third-order valence-electron chi connectivity index (χ3n) is 5.76. The van der Waals surface area contributed by atoms with Gasteiger partial charge in [-0.15, -0.1) is 0 Å². The number of rotatable bonds is 8. The monoisotopic (exact) mass is 403 g/mol. The van der Waals surface area contributed by atoms with Gasteiger partial charge in [0.2, 0.25) is 11.8 Å². The standard InChI is InChI=1S/C22H33N3O4/c1-17-15-19(28-2)7-8-20(17)23-21(26)9-6-18-5-3-11-24(16-18)22(27)10-13-25-12-4-14-29-25/h7-8,15,18H,3-6,9-14,16H2,1-2H3,(H,23,26)/t18-/m0/s1. The van der Waals surface area contributed by atoms with E-state index in [2.05, 4.69) is 5.32 Å². The minimum atomic E-state index is 0.0212. The fourth-order valence-corrected chi connectivity index (χ4v) is 4.03. The number of hydrogen-bond donors (Lipinski definition) is 1. The first kappa shape index (κ1) is 21.6. The van der Waals surface area contributed by atoms with Crippen molar-refractivity contribution in [3.05, 3.63) is 23.8 Å². The number of piperidine rings is 1. The topological polar surface area (TPSA) is 71.1 Å². The van der Waals surface area contributed by atoms with Gasteiger partial charge in [0.25, 0.3) is 0 Å². The Balaban J connectivity index is 1.40. The molecule has 0 bridgehead atoms. The molecule has 0 aromatic heterocycles. The van der Waals surface area contributed by atoms with Crippen LogP contribution in [-0.4, -0.2) is 61.7 Å². The molecule has 160 valence electrons. The first-order valence-corrected chi connectivity index (χ1v) is 10.7. The Bertz CT molecular complexity index is 703. The quantitative estimate of drug-likeness (QED) is 0.723. The fraction of sp³-hybridized carbons (Fsp3) is 0.636. The highest BCUT2D eigenvalue weighted by Crippen LogP contribution is 2.24. The zero-order chi connectivity index (χ0) is 20.6. The highest BCUT2D eigenvalue weighted by Gasteiger charge is 2.25. The summed E-state index contributed by atoms with van der Waals surface area (Å²) in [5.41, 5.74) is 1.80. The molecule has 3 rings (SSSR count). The second-order valence-corrected chi connectivity index (χ2v) is 7.98. The van der Waals surface area contributed by atoms with Gasteiger partial charge in [0, 0.05) is 44.7 Å². The summed E-state index contributed by atoms with van der Waals surface area (Å²) < 4.78 is 5.20. The van der Waals surface area contributed by atoms with Crippen molar-refractivity contribution in [1.82, 2.24) is 9.96 Å². The molecule has 0 aliphatic carbocycles. The summed E-state index contributed by atoms with van der Waals surface area (Å²) in [6, 6.07) is 5.63. The van der Waals surface area contributed by atoms with Crippen LogP contribution in [0.15, 0.2) is 18.2 Å². The highest BCUT2D eigenvalue weighted by molar-refractivity contribution is 5.91. The van der Waals surface area contributed by atoms with Gasteiger partial charge in [-0.05, 0) is 62.3 Å². The average molecular weight is 404 g/mol. The van der Waals surface area contributed by atoms with E-state index in [1.54, 1.807) is 7.11 Å². The smallest absolute Gasteiger partial charge is 0.224 e. The van der Waals surface area contributed by atoms with Gasteiger partial charge in [0.05, 0.1) is 13.7 Å². The van der Waals surface area contributed by atoms with Crippen LogP contribution in [0.25, 0.3) is 0 Å². The number of nitrogens with zero attached hydrogens (tertiary/aromatic N) is 2. The van der Waals surface area contributed by atoms with E-state index in [0.29, 0.717) is 25.3 Å². The number of carbonyl (C=O) groups is 2. The van der Waals surface area contributed by atoms with Crippen LogP contribution in [0.4, 0.5) is 5.69 Å². The Kier molecular flexibility index (Phi) is 7.89. The van der Waals surface area contributed by atoms with E-state index in [1.165, 1.54) is 0 Å². The van der Waals surface area contributed by atoms with Crippen molar-refractivity contribution in [2.75, 3.05) is 45.2 Å². The lowest BCUT2D eigenvalue weighted by atomic mass is 9.93. The van der Waals surface area contributed by atoms with Gasteiger partial charge in [0.15, 0.2) is 0 Å². The summed E-state index contributed by atoms with van der Waals surface area (Å²) in [6.45, 7) is 5.89. The lowest BCUT2D eigenvalue weighted by Gasteiger charge is -2.33. The number of amides is 2. The average Bonchev–Trinajstić information content (AvgIpc) is 3.26. The largest absolute Gasteiger partial charge is 0.497 e. The fourth-order valence-electron chi connectivity index (χ4n) is 4.03. The Hall–Kier alpha value is -2.12. The van der Waals surface area contributed by atoms with Crippen molar-refractivity contribution < 1.29 is 19.2 Å². The van der Waals surface area contributed by atoms with Crippen molar-refractivity contribution >= 4 is 17.5 Å². The molecule has 29 heavy (non-hydrogen) atoms. The molecule has 1 N–H and O–H groups in total. The van der Waals surface area contributed by atoms with Crippen LogP contribution in [0.1, 0.15) is 44.1 Å². The SMILES string of the molecule is COc1ccc(NC(=O)CC[C@@H]2CCCN(C(=O)CCN3CCCO3)C2)c(C)c1. The predicted molar refractivity (Wildman–Crippen MR) is 112 cm³/mol. The number of hydrogen-bond acceptors (Lipinski definition) is 5. The zero-order valence-electron chi connectivity index (χ0n) is 17.6. The summed E-state index contributed by atoms with van der Waals surface area (Å²) in [5.74, 6) is 1.39. The maximum atomic E-state index is 12.5. The van der Waals surface area contributed by atoms with E-state index in [-0.39, 0.29) is 11.8 Å². The number of anilines is 1. The molecule has 2 fully saturated rings. The second-order valence-electron chi connectivity index (χ2n) is 7.98. The van der Waals surface area contributed by atoms with E-state index < -0.39 is 0 Å². The minimum Gasteiger partial charge on any atom is -0.497 e. The Morgan fingerprint density at radius 3 is 2.83 bits per heavy atom. The molecule has 7 heteroatoms. The maximum Gasteiger partial charge on any atom is 0.224 e. The molecule has 0 radical (unpaired) electrons. The maximum absolute atomic E-state index is 12.5. The third-order valence-corrected chi connectivity index (χ3v) is 5.76. The number of likely N-dealkylation sites (tertiary alicyclic amines) is 1. The van der Waals surface area contributed by atoms with E-state index in [0.717, 1.165) is 68.9 Å². The molecule has 2 saturated heterocycles. The molecular formula is C22H33N3O4. The number of ether oxygens (including phenoxy) is 1. The minimum absolute atomic E-state index is 0.0212. The zero-order valence-corrected chi connectivity index (χ0v) is 17.6. The number of nitrogens with one attached hydrogen (secondary N) is 1. The van der Waals surface area contributed by atoms with E-state index in [1.807, 2.05) is 35.1 Å². The lowest BCUT2D eigenvalue weighted by molar-refractivity contribution is -0.140. The van der Waals surface area contributed by atoms with Gasteiger partial charge in [-0.3, -0.25) is 14.4 Å². The molecule has 0 unspecified atom stereocenters. The summed E-state index contributed by atoms with van der Waals surface area (Å²) in [6.07, 6.45) is 4.91. The first-order chi connectivity index (χ1) is 14.0. The van der Waals surface area contributed by atoms with E-state index in [9.17, 15) is 9.59 Å². The molecule has 2 aliphatic heterocycles. The Morgan fingerprint density at radius 2 is 2.10 bits per heavy atom. The molecule has 2 amide bonds. The number of carbonyl (C=O) groups excluding carboxylic acids is 2. The normalized spacial score (nSPS) is 19.9. The molecule has 2 heterocycles. The predicted octanol–water partition coefficient (Wildman–Crippen LogP) is 2.99. The van der Waals surface area contributed by atoms with Crippen LogP contribution in [0, 0.1) is 12.8 Å². The summed E-state index contributed by atoms with van der Waals surface area (Å²) >= 11 is 0. The molecule has 1 aromatic rings. The summed E-state index contributed by atoms with van der Waals surface area (Å²) in [7, 11) is 1.63. The molecule has 7 nitrogen and oxygen atoms in total. The molecular weight excluding hydrogens is 370 g/mol. The van der Waals surface area contributed by atoms with Crippen molar-refractivity contribution in [1.29, 1.82) is 0 Å². The van der Waals surface area contributed by atoms with Crippen LogP contribution >= 0.6 is 0 Å². The van der Waals surface area contributed by atoms with Gasteiger partial charge in [-0.2, -0.15) is 5.06 Å². The van der Waals surface area contributed by atoms with Crippen LogP contribution < -0.4 is 10.1 Å². The Morgan fingerprint density at radius 1 is 1.24 bits per heavy atom. The van der Waals surface area contributed by atoms with Crippen LogP contribution in [0.5, 0.6) is 5.75 Å². The lowest BCUT2D eigenvalue weighted by Crippen LogP contribution is -2.41. The van der Waals surface area contributed by atoms with Gasteiger partial charge in [-0.25, -0.2) is 0 Å². The van der Waals surface area contributed by atoms with Gasteiger partial charge in [0.1, 0.15) is 5.75 Å². The molecule has 1 aromatic carbocycles. The highest BCUT2D eigenvalue weighted by atomic mass is 16.7. The molecule has 2 aliphatic rings. The number of benzene rings is 1. The number of methoxy groups -OCH3 is 1. The van der Waals surface area contributed by atoms with Crippen LogP contribution in [-0.2, 0) is 14.4 Å². The van der Waals surface area contributed by atoms with Crippen LogP contribution in [0.3, 0.4) is 0 Å². The van der Waals surface area contributed by atoms with Gasteiger partial charge >= 0.3 is 0 Å². The number of aryl methyl sites for hydroxylation is 1. The van der Waals surface area contributed by atoms with E-state index in [4.69, 9.17) is 9.57 Å². The third kappa shape index (κ3) is 6.44. The van der Waals surface area contributed by atoms with Crippen molar-refractivity contribution in [2.24, 2.45) is 5.92 Å². The van der Waals surface area contributed by atoms with Gasteiger partial charge in [-0.1, -0.05) is 0 Å². The van der Waals surface area contributed by atoms with Crippen LogP contribution in [0.2, 0.25) is 0 Å². The first-order valence-electron chi connectivity index (χ1n) is 10.7. The Labute approximate surface area is 173 Å². The second kappa shape index (κ2) is 10.6. The van der Waals surface area contributed by atoms with Crippen molar-refractivity contribution in [3.8, 4) is 5.75 Å².